The zero-order valence-corrected chi connectivity index (χ0v) is 11.8. The summed E-state index contributed by atoms with van der Waals surface area (Å²) in [5, 5.41) is 3.12. The molecule has 0 bridgehead atoms. The van der Waals surface area contributed by atoms with E-state index in [1.165, 1.54) is 0 Å². The lowest BCUT2D eigenvalue weighted by Gasteiger charge is -2.07. The van der Waals surface area contributed by atoms with E-state index in [9.17, 15) is 9.00 Å². The van der Waals surface area contributed by atoms with Crippen molar-refractivity contribution in [1.82, 2.24) is 0 Å². The summed E-state index contributed by atoms with van der Waals surface area (Å²) in [6, 6.07) is 4.93. The highest BCUT2D eigenvalue weighted by Crippen LogP contribution is 2.24. The Bertz CT molecular complexity index is 452. The van der Waals surface area contributed by atoms with Crippen LogP contribution in [0.2, 0.25) is 5.02 Å². The number of carbonyl (C=O) groups is 1. The molecule has 0 fully saturated rings. The number of hydrogen-bond donors (Lipinski definition) is 2. The van der Waals surface area contributed by atoms with Crippen molar-refractivity contribution in [2.24, 2.45) is 0 Å². The van der Waals surface area contributed by atoms with E-state index in [2.05, 4.69) is 5.32 Å². The molecule has 100 valence electrons. The highest BCUT2D eigenvalue weighted by atomic mass is 35.5. The molecule has 1 aromatic carbocycles. The monoisotopic (exact) mass is 288 g/mol. The summed E-state index contributed by atoms with van der Waals surface area (Å²) >= 11 is 5.94. The van der Waals surface area contributed by atoms with Crippen LogP contribution in [0.4, 0.5) is 11.4 Å². The van der Waals surface area contributed by atoms with Crippen LogP contribution < -0.4 is 11.1 Å². The van der Waals surface area contributed by atoms with Crippen molar-refractivity contribution in [2.45, 2.75) is 19.8 Å². The van der Waals surface area contributed by atoms with Crippen molar-refractivity contribution < 1.29 is 9.00 Å². The van der Waals surface area contributed by atoms with Gasteiger partial charge in [0.25, 0.3) is 0 Å². The van der Waals surface area contributed by atoms with Gasteiger partial charge >= 0.3 is 0 Å². The summed E-state index contributed by atoms with van der Waals surface area (Å²) < 4.78 is 11.2. The number of nitrogens with one attached hydrogen (secondary N) is 1. The number of anilines is 2. The fraction of sp³-hybridized carbons (Fsp3) is 0.417. The first-order chi connectivity index (χ1) is 8.52. The topological polar surface area (TPSA) is 72.2 Å². The summed E-state index contributed by atoms with van der Waals surface area (Å²) in [7, 11) is -0.820. The molecule has 0 saturated heterocycles. The molecule has 0 heterocycles. The van der Waals surface area contributed by atoms with Gasteiger partial charge in [-0.25, -0.2) is 0 Å². The molecule has 1 rings (SSSR count). The number of rotatable bonds is 6. The molecule has 1 unspecified atom stereocenters. The number of nitrogens with two attached hydrogens (primary N) is 1. The summed E-state index contributed by atoms with van der Waals surface area (Å²) in [5.41, 5.74) is 6.66. The van der Waals surface area contributed by atoms with Crippen LogP contribution in [0, 0.1) is 0 Å². The van der Waals surface area contributed by atoms with Gasteiger partial charge in [0.15, 0.2) is 0 Å². The standard InChI is InChI=1S/C12H17ClN2O2S/c1-2-18(17)7-3-4-12(16)15-11-6-5-9(14)8-10(11)13/h5-6,8H,2-4,7,14H2,1H3,(H,15,16). The van der Waals surface area contributed by atoms with Crippen molar-refractivity contribution in [2.75, 3.05) is 22.6 Å². The number of nitrogen functional groups attached to an aromatic ring is 1. The Balaban J connectivity index is 2.42. The van der Waals surface area contributed by atoms with Gasteiger partial charge in [0.05, 0.1) is 10.7 Å². The predicted octanol–water partition coefficient (Wildman–Crippen LogP) is 2.41. The molecule has 1 aromatic rings. The van der Waals surface area contributed by atoms with E-state index in [4.69, 9.17) is 17.3 Å². The van der Waals surface area contributed by atoms with E-state index in [1.807, 2.05) is 6.92 Å². The van der Waals surface area contributed by atoms with E-state index >= 15 is 0 Å². The van der Waals surface area contributed by atoms with Gasteiger partial charge in [-0.1, -0.05) is 18.5 Å². The summed E-state index contributed by atoms with van der Waals surface area (Å²) in [6.07, 6.45) is 0.950. The fourth-order valence-electron chi connectivity index (χ4n) is 1.38. The number of halogens is 1. The van der Waals surface area contributed by atoms with Crippen molar-refractivity contribution in [3.63, 3.8) is 0 Å². The molecule has 1 atom stereocenters. The summed E-state index contributed by atoms with van der Waals surface area (Å²) in [5.74, 6) is 1.06. The van der Waals surface area contributed by atoms with E-state index in [0.717, 1.165) is 0 Å². The average Bonchev–Trinajstić information content (AvgIpc) is 2.32. The third kappa shape index (κ3) is 5.06. The SMILES string of the molecule is CCS(=O)CCCC(=O)Nc1ccc(N)cc1Cl. The van der Waals surface area contributed by atoms with Crippen molar-refractivity contribution in [3.8, 4) is 0 Å². The second-order valence-corrected chi connectivity index (χ2v) is 6.10. The fourth-order valence-corrected chi connectivity index (χ4v) is 2.37. The molecule has 0 saturated carbocycles. The van der Waals surface area contributed by atoms with Crippen molar-refractivity contribution in [1.29, 1.82) is 0 Å². The highest BCUT2D eigenvalue weighted by molar-refractivity contribution is 7.84. The largest absolute Gasteiger partial charge is 0.399 e. The molecule has 0 aromatic heterocycles. The van der Waals surface area contributed by atoms with Crippen molar-refractivity contribution in [3.05, 3.63) is 23.2 Å². The number of benzene rings is 1. The van der Waals surface area contributed by atoms with Crippen LogP contribution in [-0.2, 0) is 15.6 Å². The lowest BCUT2D eigenvalue weighted by atomic mass is 10.2. The van der Waals surface area contributed by atoms with Gasteiger partial charge in [0, 0.05) is 34.4 Å². The Morgan fingerprint density at radius 1 is 1.50 bits per heavy atom. The zero-order chi connectivity index (χ0) is 13.5. The molecule has 4 nitrogen and oxygen atoms in total. The first kappa shape index (κ1) is 15.0. The lowest BCUT2D eigenvalue weighted by molar-refractivity contribution is -0.116. The summed E-state index contributed by atoms with van der Waals surface area (Å²) in [4.78, 5) is 11.6. The summed E-state index contributed by atoms with van der Waals surface area (Å²) in [6.45, 7) is 1.87. The van der Waals surface area contributed by atoms with Crippen LogP contribution in [0.5, 0.6) is 0 Å². The number of carbonyl (C=O) groups excluding carboxylic acids is 1. The smallest absolute Gasteiger partial charge is 0.224 e. The van der Waals surface area contributed by atoms with Crippen LogP contribution in [-0.4, -0.2) is 21.6 Å². The molecule has 6 heteroatoms. The number of amides is 1. The van der Waals surface area contributed by atoms with E-state index in [1.54, 1.807) is 18.2 Å². The molecule has 0 aliphatic carbocycles. The maximum absolute atomic E-state index is 11.6. The minimum absolute atomic E-state index is 0.130. The zero-order valence-electron chi connectivity index (χ0n) is 10.2. The minimum Gasteiger partial charge on any atom is -0.399 e. The Labute approximate surface area is 114 Å². The highest BCUT2D eigenvalue weighted by Gasteiger charge is 2.06. The van der Waals surface area contributed by atoms with Gasteiger partial charge in [0.2, 0.25) is 5.91 Å². The van der Waals surface area contributed by atoms with E-state index in [-0.39, 0.29) is 5.91 Å². The van der Waals surface area contributed by atoms with Gasteiger partial charge in [-0.15, -0.1) is 0 Å². The van der Waals surface area contributed by atoms with Crippen LogP contribution in [0.3, 0.4) is 0 Å². The molecule has 1 amide bonds. The third-order valence-corrected chi connectivity index (χ3v) is 4.07. The lowest BCUT2D eigenvalue weighted by Crippen LogP contribution is -2.13. The molecule has 0 aliphatic rings. The van der Waals surface area contributed by atoms with Gasteiger partial charge in [-0.2, -0.15) is 0 Å². The molecule has 0 radical (unpaired) electrons. The quantitative estimate of drug-likeness (QED) is 0.790. The maximum atomic E-state index is 11.6. The molecule has 18 heavy (non-hydrogen) atoms. The Kier molecular flexibility index (Phi) is 6.15. The van der Waals surface area contributed by atoms with E-state index in [0.29, 0.717) is 40.7 Å². The van der Waals surface area contributed by atoms with Crippen LogP contribution in [0.15, 0.2) is 18.2 Å². The van der Waals surface area contributed by atoms with Gasteiger partial charge in [-0.3, -0.25) is 9.00 Å². The molecular weight excluding hydrogens is 272 g/mol. The van der Waals surface area contributed by atoms with Crippen molar-refractivity contribution >= 4 is 39.7 Å². The first-order valence-electron chi connectivity index (χ1n) is 5.72. The molecular formula is C12H17ClN2O2S. The predicted molar refractivity (Wildman–Crippen MR) is 77.3 cm³/mol. The van der Waals surface area contributed by atoms with Gasteiger partial charge in [-0.05, 0) is 24.6 Å². The van der Waals surface area contributed by atoms with Crippen LogP contribution in [0.25, 0.3) is 0 Å². The minimum atomic E-state index is -0.820. The Morgan fingerprint density at radius 3 is 2.83 bits per heavy atom. The second-order valence-electron chi connectivity index (χ2n) is 3.82. The first-order valence-corrected chi connectivity index (χ1v) is 7.59. The van der Waals surface area contributed by atoms with Crippen LogP contribution in [0.1, 0.15) is 19.8 Å². The normalized spacial score (nSPS) is 12.1. The average molecular weight is 289 g/mol. The number of hydrogen-bond acceptors (Lipinski definition) is 3. The molecule has 0 spiro atoms. The Hall–Kier alpha value is -1.07. The van der Waals surface area contributed by atoms with Gasteiger partial charge < -0.3 is 11.1 Å². The van der Waals surface area contributed by atoms with Crippen LogP contribution >= 0.6 is 11.6 Å². The maximum Gasteiger partial charge on any atom is 0.224 e. The third-order valence-electron chi connectivity index (χ3n) is 2.37. The van der Waals surface area contributed by atoms with Gasteiger partial charge in [0.1, 0.15) is 0 Å². The molecule has 0 aliphatic heterocycles. The van der Waals surface area contributed by atoms with E-state index < -0.39 is 10.8 Å². The second kappa shape index (κ2) is 7.38. The molecule has 3 N–H and O–H groups in total. The Morgan fingerprint density at radius 2 is 2.22 bits per heavy atom.